The van der Waals surface area contributed by atoms with Crippen molar-refractivity contribution in [2.24, 2.45) is 0 Å². The van der Waals surface area contributed by atoms with Crippen molar-refractivity contribution in [1.82, 2.24) is 5.32 Å². The molecule has 0 aromatic heterocycles. The molecule has 0 unspecified atom stereocenters. The zero-order valence-electron chi connectivity index (χ0n) is 18.8. The summed E-state index contributed by atoms with van der Waals surface area (Å²) in [6.07, 6.45) is -0.394. The fraction of sp³-hybridized carbons (Fsp3) is 0.240. The van der Waals surface area contributed by atoms with Crippen LogP contribution in [0.3, 0.4) is 0 Å². The number of anilines is 1. The summed E-state index contributed by atoms with van der Waals surface area (Å²) >= 11 is 6.26. The van der Waals surface area contributed by atoms with Crippen LogP contribution in [0.15, 0.2) is 71.6 Å². The Morgan fingerprint density at radius 3 is 2.47 bits per heavy atom. The number of hydrogen-bond acceptors (Lipinski definition) is 5. The molecule has 0 radical (unpaired) electrons. The molecule has 0 aliphatic carbocycles. The van der Waals surface area contributed by atoms with Crippen molar-refractivity contribution >= 4 is 33.2 Å². The Labute approximate surface area is 204 Å². The molecule has 1 heterocycles. The summed E-state index contributed by atoms with van der Waals surface area (Å²) in [5.74, 6) is 0.775. The van der Waals surface area contributed by atoms with Crippen LogP contribution in [-0.2, 0) is 14.8 Å². The highest BCUT2D eigenvalue weighted by atomic mass is 35.5. The van der Waals surface area contributed by atoms with Gasteiger partial charge < -0.3 is 14.8 Å². The largest absolute Gasteiger partial charge is 0.486 e. The highest BCUT2D eigenvalue weighted by Gasteiger charge is 2.28. The lowest BCUT2D eigenvalue weighted by atomic mass is 10.2. The van der Waals surface area contributed by atoms with Gasteiger partial charge in [0.2, 0.25) is 5.91 Å². The van der Waals surface area contributed by atoms with Gasteiger partial charge in [0.1, 0.15) is 19.3 Å². The number of carbonyl (C=O) groups excluding carboxylic acids is 1. The van der Waals surface area contributed by atoms with E-state index in [1.165, 1.54) is 12.1 Å². The minimum Gasteiger partial charge on any atom is -0.486 e. The molecule has 4 rings (SSSR count). The van der Waals surface area contributed by atoms with Crippen LogP contribution in [0.25, 0.3) is 0 Å². The van der Waals surface area contributed by atoms with E-state index in [4.69, 9.17) is 21.1 Å². The van der Waals surface area contributed by atoms with Gasteiger partial charge in [0.05, 0.1) is 17.1 Å². The van der Waals surface area contributed by atoms with Gasteiger partial charge in [-0.15, -0.1) is 0 Å². The number of nitrogens with one attached hydrogen (secondary N) is 1. The average Bonchev–Trinajstić information content (AvgIpc) is 2.83. The third-order valence-electron chi connectivity index (χ3n) is 5.43. The number of nitrogens with zero attached hydrogens (tertiary/aromatic N) is 1. The number of sulfonamides is 1. The summed E-state index contributed by atoms with van der Waals surface area (Å²) in [7, 11) is -4.02. The molecule has 0 saturated heterocycles. The van der Waals surface area contributed by atoms with E-state index in [1.54, 1.807) is 36.4 Å². The van der Waals surface area contributed by atoms with E-state index in [-0.39, 0.29) is 18.0 Å². The average molecular weight is 501 g/mol. The van der Waals surface area contributed by atoms with Crippen molar-refractivity contribution in [3.05, 3.63) is 82.9 Å². The molecular formula is C25H25ClN2O5S. The number of rotatable bonds is 7. The molecule has 0 spiro atoms. The van der Waals surface area contributed by atoms with Crippen LogP contribution in [0.1, 0.15) is 11.1 Å². The molecule has 1 N–H and O–H groups in total. The number of ether oxygens (including phenoxy) is 2. The van der Waals surface area contributed by atoms with Gasteiger partial charge in [-0.05, 0) is 55.8 Å². The molecule has 1 aliphatic heterocycles. The number of fused-ring (bicyclic) bond motifs is 1. The standard InChI is InChI=1S/C25H25ClN2O5S/c1-17-7-11-21(12-8-17)34(30,31)28(19-10-9-18(2)22(26)13-19)15-25(29)27-14-20-16-32-23-5-3-4-6-24(23)33-20/h3-13,20H,14-16H2,1-2H3,(H,27,29)/t20-/m1/s1. The van der Waals surface area contributed by atoms with Gasteiger partial charge in [0.15, 0.2) is 11.5 Å². The molecule has 1 aliphatic rings. The second-order valence-electron chi connectivity index (χ2n) is 8.06. The lowest BCUT2D eigenvalue weighted by Crippen LogP contribution is -2.45. The number of carbonyl (C=O) groups is 1. The Hall–Kier alpha value is -3.23. The van der Waals surface area contributed by atoms with Gasteiger partial charge in [-0.1, -0.05) is 47.5 Å². The monoisotopic (exact) mass is 500 g/mol. The van der Waals surface area contributed by atoms with Crippen molar-refractivity contribution in [2.75, 3.05) is 24.0 Å². The van der Waals surface area contributed by atoms with Crippen LogP contribution < -0.4 is 19.1 Å². The molecule has 3 aromatic rings. The van der Waals surface area contributed by atoms with Crippen molar-refractivity contribution in [1.29, 1.82) is 0 Å². The minimum absolute atomic E-state index is 0.0863. The number of amides is 1. The van der Waals surface area contributed by atoms with Crippen LogP contribution in [0.4, 0.5) is 5.69 Å². The highest BCUT2D eigenvalue weighted by Crippen LogP contribution is 2.31. The third-order valence-corrected chi connectivity index (χ3v) is 7.63. The molecule has 0 fully saturated rings. The molecule has 178 valence electrons. The molecule has 1 amide bonds. The van der Waals surface area contributed by atoms with Crippen molar-refractivity contribution < 1.29 is 22.7 Å². The Balaban J connectivity index is 1.52. The number of hydrogen-bond donors (Lipinski definition) is 1. The number of aryl methyl sites for hydroxylation is 2. The van der Waals surface area contributed by atoms with Gasteiger partial charge in [0.25, 0.3) is 10.0 Å². The SMILES string of the molecule is Cc1ccc(S(=O)(=O)N(CC(=O)NC[C@@H]2COc3ccccc3O2)c2ccc(C)c(Cl)c2)cc1. The fourth-order valence-electron chi connectivity index (χ4n) is 3.47. The first kappa shape index (κ1) is 23.9. The fourth-order valence-corrected chi connectivity index (χ4v) is 5.05. The van der Waals surface area contributed by atoms with Crippen LogP contribution in [0.2, 0.25) is 5.02 Å². The first-order valence-electron chi connectivity index (χ1n) is 10.7. The molecule has 34 heavy (non-hydrogen) atoms. The minimum atomic E-state index is -4.02. The first-order valence-corrected chi connectivity index (χ1v) is 12.6. The van der Waals surface area contributed by atoms with E-state index in [2.05, 4.69) is 5.32 Å². The van der Waals surface area contributed by atoms with Crippen molar-refractivity contribution in [3.8, 4) is 11.5 Å². The normalized spacial score (nSPS) is 15.0. The predicted octanol–water partition coefficient (Wildman–Crippen LogP) is 4.11. The zero-order valence-corrected chi connectivity index (χ0v) is 20.4. The molecule has 3 aromatic carbocycles. The predicted molar refractivity (Wildman–Crippen MR) is 131 cm³/mol. The van der Waals surface area contributed by atoms with E-state index in [1.807, 2.05) is 32.0 Å². The summed E-state index contributed by atoms with van der Waals surface area (Å²) in [5.41, 5.74) is 2.03. The van der Waals surface area contributed by atoms with E-state index in [0.29, 0.717) is 22.2 Å². The van der Waals surface area contributed by atoms with Crippen molar-refractivity contribution in [3.63, 3.8) is 0 Å². The summed E-state index contributed by atoms with van der Waals surface area (Å²) < 4.78 is 39.5. The summed E-state index contributed by atoms with van der Waals surface area (Å²) in [5, 5.41) is 3.17. The lowest BCUT2D eigenvalue weighted by molar-refractivity contribution is -0.120. The molecule has 0 bridgehead atoms. The van der Waals surface area contributed by atoms with Gasteiger partial charge in [-0.2, -0.15) is 0 Å². The Morgan fingerprint density at radius 2 is 1.76 bits per heavy atom. The third kappa shape index (κ3) is 5.29. The lowest BCUT2D eigenvalue weighted by Gasteiger charge is -2.27. The highest BCUT2D eigenvalue weighted by molar-refractivity contribution is 7.92. The maximum atomic E-state index is 13.5. The number of halogens is 1. The Kier molecular flexibility index (Phi) is 7.00. The summed E-state index contributed by atoms with van der Waals surface area (Å²) in [6, 6.07) is 18.7. The maximum absolute atomic E-state index is 13.5. The Bertz CT molecular complexity index is 1290. The van der Waals surface area contributed by atoms with Crippen molar-refractivity contribution in [2.45, 2.75) is 24.8 Å². The Morgan fingerprint density at radius 1 is 1.06 bits per heavy atom. The van der Waals surface area contributed by atoms with E-state index in [9.17, 15) is 13.2 Å². The van der Waals surface area contributed by atoms with Gasteiger partial charge in [0, 0.05) is 5.02 Å². The van der Waals surface area contributed by atoms with Crippen LogP contribution in [-0.4, -0.2) is 40.1 Å². The number of para-hydroxylation sites is 2. The maximum Gasteiger partial charge on any atom is 0.264 e. The van der Waals surface area contributed by atoms with E-state index < -0.39 is 28.6 Å². The zero-order chi connectivity index (χ0) is 24.3. The van der Waals surface area contributed by atoms with E-state index >= 15 is 0 Å². The van der Waals surface area contributed by atoms with Crippen LogP contribution in [0, 0.1) is 13.8 Å². The van der Waals surface area contributed by atoms with Crippen LogP contribution in [0.5, 0.6) is 11.5 Å². The molecule has 0 saturated carbocycles. The van der Waals surface area contributed by atoms with Gasteiger partial charge in [-0.25, -0.2) is 8.42 Å². The summed E-state index contributed by atoms with van der Waals surface area (Å²) in [6.45, 7) is 3.72. The smallest absolute Gasteiger partial charge is 0.264 e. The second kappa shape index (κ2) is 9.95. The summed E-state index contributed by atoms with van der Waals surface area (Å²) in [4.78, 5) is 12.9. The van der Waals surface area contributed by atoms with E-state index in [0.717, 1.165) is 15.4 Å². The quantitative estimate of drug-likeness (QED) is 0.527. The van der Waals surface area contributed by atoms with Gasteiger partial charge >= 0.3 is 0 Å². The van der Waals surface area contributed by atoms with Gasteiger partial charge in [-0.3, -0.25) is 9.10 Å². The molecular weight excluding hydrogens is 476 g/mol. The first-order chi connectivity index (χ1) is 16.2. The number of benzene rings is 3. The molecule has 1 atom stereocenters. The van der Waals surface area contributed by atoms with Crippen LogP contribution >= 0.6 is 11.6 Å². The topological polar surface area (TPSA) is 84.9 Å². The molecule has 9 heteroatoms. The molecule has 7 nitrogen and oxygen atoms in total. The second-order valence-corrected chi connectivity index (χ2v) is 10.3.